The van der Waals surface area contributed by atoms with Crippen molar-refractivity contribution in [3.8, 4) is 0 Å². The highest BCUT2D eigenvalue weighted by atomic mass is 35.5. The summed E-state index contributed by atoms with van der Waals surface area (Å²) >= 11 is 5.90. The highest BCUT2D eigenvalue weighted by Crippen LogP contribution is 2.46. The Kier molecular flexibility index (Phi) is 3.21. The highest BCUT2D eigenvalue weighted by Gasteiger charge is 2.60. The number of para-hydroxylation sites is 1. The molecule has 0 aromatic heterocycles. The van der Waals surface area contributed by atoms with Gasteiger partial charge in [-0.2, -0.15) is 0 Å². The van der Waals surface area contributed by atoms with Crippen LogP contribution in [0.1, 0.15) is 17.5 Å². The van der Waals surface area contributed by atoms with Crippen molar-refractivity contribution in [3.05, 3.63) is 64.7 Å². The van der Waals surface area contributed by atoms with Gasteiger partial charge >= 0.3 is 0 Å². The number of amides is 3. The van der Waals surface area contributed by atoms with Crippen LogP contribution in [0, 0.1) is 0 Å². The molecule has 5 nitrogen and oxygen atoms in total. The molecule has 4 rings (SSSR count). The lowest BCUT2D eigenvalue weighted by atomic mass is 9.80. The summed E-state index contributed by atoms with van der Waals surface area (Å²) in [6.07, 6.45) is -0.140. The SMILES string of the molecule is O=C1CC2(C(=O)N1)C(=O)N(Cc1ccc(Cl)cc1)c1ccccc12. The van der Waals surface area contributed by atoms with Crippen molar-refractivity contribution in [3.63, 3.8) is 0 Å². The molecule has 0 aliphatic carbocycles. The molecule has 2 aromatic rings. The summed E-state index contributed by atoms with van der Waals surface area (Å²) in [7, 11) is 0. The van der Waals surface area contributed by atoms with Crippen LogP contribution >= 0.6 is 11.6 Å². The average molecular weight is 341 g/mol. The third kappa shape index (κ3) is 1.98. The third-order valence-corrected chi connectivity index (χ3v) is 4.84. The summed E-state index contributed by atoms with van der Waals surface area (Å²) in [4.78, 5) is 38.8. The Morgan fingerprint density at radius 1 is 1.04 bits per heavy atom. The van der Waals surface area contributed by atoms with Crippen molar-refractivity contribution in [2.75, 3.05) is 4.90 Å². The van der Waals surface area contributed by atoms with Crippen LogP contribution in [-0.4, -0.2) is 17.7 Å². The molecule has 6 heteroatoms. The molecule has 1 atom stereocenters. The number of hydrogen-bond acceptors (Lipinski definition) is 3. The molecule has 2 heterocycles. The van der Waals surface area contributed by atoms with Crippen LogP contribution in [0.15, 0.2) is 48.5 Å². The number of nitrogens with zero attached hydrogens (tertiary/aromatic N) is 1. The molecular formula is C18H13ClN2O3. The fourth-order valence-electron chi connectivity index (χ4n) is 3.44. The summed E-state index contributed by atoms with van der Waals surface area (Å²) < 4.78 is 0. The fraction of sp³-hybridized carbons (Fsp3) is 0.167. The molecule has 0 saturated carbocycles. The number of hydrogen-bond donors (Lipinski definition) is 1. The van der Waals surface area contributed by atoms with E-state index < -0.39 is 17.2 Å². The van der Waals surface area contributed by atoms with Crippen molar-refractivity contribution in [2.24, 2.45) is 0 Å². The molecule has 1 unspecified atom stereocenters. The van der Waals surface area contributed by atoms with Gasteiger partial charge in [0.25, 0.3) is 0 Å². The summed E-state index contributed by atoms with van der Waals surface area (Å²) in [5.41, 5.74) is 0.721. The van der Waals surface area contributed by atoms with E-state index in [2.05, 4.69) is 5.32 Å². The van der Waals surface area contributed by atoms with Gasteiger partial charge in [0.2, 0.25) is 17.7 Å². The Labute approximate surface area is 143 Å². The van der Waals surface area contributed by atoms with Crippen LogP contribution in [-0.2, 0) is 26.3 Å². The molecule has 1 saturated heterocycles. The van der Waals surface area contributed by atoms with Crippen molar-refractivity contribution in [2.45, 2.75) is 18.4 Å². The van der Waals surface area contributed by atoms with E-state index in [0.29, 0.717) is 22.8 Å². The summed E-state index contributed by atoms with van der Waals surface area (Å²) in [5, 5.41) is 2.88. The maximum Gasteiger partial charge on any atom is 0.248 e. The van der Waals surface area contributed by atoms with Gasteiger partial charge in [-0.1, -0.05) is 41.9 Å². The smallest absolute Gasteiger partial charge is 0.248 e. The number of imide groups is 1. The van der Waals surface area contributed by atoms with E-state index in [1.54, 1.807) is 35.2 Å². The molecule has 2 aliphatic rings. The fourth-order valence-corrected chi connectivity index (χ4v) is 3.57. The highest BCUT2D eigenvalue weighted by molar-refractivity contribution is 6.30. The van der Waals surface area contributed by atoms with Gasteiger partial charge in [-0.05, 0) is 23.8 Å². The number of halogens is 1. The van der Waals surface area contributed by atoms with E-state index in [1.165, 1.54) is 0 Å². The van der Waals surface area contributed by atoms with Gasteiger partial charge in [0, 0.05) is 16.3 Å². The molecule has 0 radical (unpaired) electrons. The van der Waals surface area contributed by atoms with E-state index in [1.807, 2.05) is 18.2 Å². The predicted molar refractivity (Wildman–Crippen MR) is 88.5 cm³/mol. The van der Waals surface area contributed by atoms with Gasteiger partial charge in [-0.25, -0.2) is 0 Å². The van der Waals surface area contributed by atoms with E-state index in [4.69, 9.17) is 11.6 Å². The number of carbonyl (C=O) groups excluding carboxylic acids is 3. The van der Waals surface area contributed by atoms with E-state index in [0.717, 1.165) is 5.56 Å². The largest absolute Gasteiger partial charge is 0.306 e. The zero-order valence-corrected chi connectivity index (χ0v) is 13.3. The molecule has 0 bridgehead atoms. The molecule has 120 valence electrons. The second-order valence-corrected chi connectivity index (χ2v) is 6.43. The van der Waals surface area contributed by atoms with Crippen molar-refractivity contribution in [1.29, 1.82) is 0 Å². The number of carbonyl (C=O) groups is 3. The Morgan fingerprint density at radius 3 is 2.42 bits per heavy atom. The first-order valence-electron chi connectivity index (χ1n) is 7.52. The van der Waals surface area contributed by atoms with Crippen LogP contribution in [0.25, 0.3) is 0 Å². The molecule has 1 fully saturated rings. The molecular weight excluding hydrogens is 328 g/mol. The van der Waals surface area contributed by atoms with Gasteiger partial charge in [0.15, 0.2) is 5.41 Å². The third-order valence-electron chi connectivity index (χ3n) is 4.59. The minimum atomic E-state index is -1.43. The lowest BCUT2D eigenvalue weighted by Crippen LogP contribution is -2.45. The monoisotopic (exact) mass is 340 g/mol. The van der Waals surface area contributed by atoms with Crippen LogP contribution in [0.4, 0.5) is 5.69 Å². The molecule has 1 N–H and O–H groups in total. The lowest BCUT2D eigenvalue weighted by Gasteiger charge is -2.21. The topological polar surface area (TPSA) is 66.5 Å². The lowest BCUT2D eigenvalue weighted by molar-refractivity contribution is -0.133. The second-order valence-electron chi connectivity index (χ2n) is 5.99. The van der Waals surface area contributed by atoms with Crippen LogP contribution in [0.5, 0.6) is 0 Å². The Balaban J connectivity index is 1.80. The first-order valence-corrected chi connectivity index (χ1v) is 7.90. The number of fused-ring (bicyclic) bond motifs is 2. The van der Waals surface area contributed by atoms with Gasteiger partial charge in [0.1, 0.15) is 0 Å². The standard InChI is InChI=1S/C18H13ClN2O3/c19-12-7-5-11(6-8-12)10-21-14-4-2-1-3-13(14)18(17(21)24)9-15(22)20-16(18)23/h1-8H,9-10H2,(H,20,22,23). The maximum atomic E-state index is 13.1. The first-order chi connectivity index (χ1) is 11.5. The Morgan fingerprint density at radius 2 is 1.75 bits per heavy atom. The molecule has 3 amide bonds. The van der Waals surface area contributed by atoms with Gasteiger partial charge in [-0.3, -0.25) is 19.7 Å². The first kappa shape index (κ1) is 14.9. The van der Waals surface area contributed by atoms with E-state index >= 15 is 0 Å². The summed E-state index contributed by atoms with van der Waals surface area (Å²) in [6, 6.07) is 14.3. The number of benzene rings is 2. The van der Waals surface area contributed by atoms with Crippen LogP contribution in [0.3, 0.4) is 0 Å². The molecule has 1 spiro atoms. The maximum absolute atomic E-state index is 13.1. The van der Waals surface area contributed by atoms with Crippen molar-refractivity contribution < 1.29 is 14.4 Å². The Hall–Kier alpha value is -2.66. The molecule has 2 aromatic carbocycles. The number of anilines is 1. The normalized spacial score (nSPS) is 22.2. The van der Waals surface area contributed by atoms with Crippen LogP contribution < -0.4 is 10.2 Å². The summed E-state index contributed by atoms with van der Waals surface area (Å²) in [5.74, 6) is -1.32. The van der Waals surface area contributed by atoms with E-state index in [9.17, 15) is 14.4 Å². The summed E-state index contributed by atoms with van der Waals surface area (Å²) in [6.45, 7) is 0.316. The minimum absolute atomic E-state index is 0.140. The Bertz CT molecular complexity index is 878. The van der Waals surface area contributed by atoms with Crippen molar-refractivity contribution >= 4 is 35.0 Å². The average Bonchev–Trinajstić information content (AvgIpc) is 3.00. The molecule has 2 aliphatic heterocycles. The quantitative estimate of drug-likeness (QED) is 0.673. The van der Waals surface area contributed by atoms with Gasteiger partial charge in [-0.15, -0.1) is 0 Å². The van der Waals surface area contributed by atoms with E-state index in [-0.39, 0.29) is 12.3 Å². The minimum Gasteiger partial charge on any atom is -0.306 e. The van der Waals surface area contributed by atoms with Gasteiger partial charge in [0.05, 0.1) is 13.0 Å². The zero-order valence-electron chi connectivity index (χ0n) is 12.6. The number of rotatable bonds is 2. The zero-order chi connectivity index (χ0) is 16.9. The number of nitrogens with one attached hydrogen (secondary N) is 1. The van der Waals surface area contributed by atoms with Crippen LogP contribution in [0.2, 0.25) is 5.02 Å². The van der Waals surface area contributed by atoms with Gasteiger partial charge < -0.3 is 4.90 Å². The second kappa shape index (κ2) is 5.18. The molecule has 24 heavy (non-hydrogen) atoms. The van der Waals surface area contributed by atoms with Crippen molar-refractivity contribution in [1.82, 2.24) is 5.32 Å². The predicted octanol–water partition coefficient (Wildman–Crippen LogP) is 2.17.